The van der Waals surface area contributed by atoms with E-state index in [-0.39, 0.29) is 22.0 Å². The van der Waals surface area contributed by atoms with Gasteiger partial charge in [0.1, 0.15) is 0 Å². The Morgan fingerprint density at radius 2 is 1.62 bits per heavy atom. The summed E-state index contributed by atoms with van der Waals surface area (Å²) >= 11 is 11.7. The molecule has 0 unspecified atom stereocenters. The minimum absolute atomic E-state index is 0.147. The van der Waals surface area contributed by atoms with Crippen molar-refractivity contribution in [2.75, 3.05) is 0 Å². The molecule has 1 aromatic heterocycles. The van der Waals surface area contributed by atoms with E-state index in [0.717, 1.165) is 12.1 Å². The van der Waals surface area contributed by atoms with Crippen molar-refractivity contribution in [3.05, 3.63) is 38.2 Å². The monoisotopic (exact) mass is 475 g/mol. The van der Waals surface area contributed by atoms with Crippen molar-refractivity contribution in [1.29, 1.82) is 0 Å². The summed E-state index contributed by atoms with van der Waals surface area (Å²) in [5.41, 5.74) is -8.53. The van der Waals surface area contributed by atoms with Crippen LogP contribution in [0.5, 0.6) is 5.75 Å². The molecule has 2 rings (SSSR count). The van der Waals surface area contributed by atoms with Crippen LogP contribution in [0.25, 0.3) is 10.8 Å². The lowest BCUT2D eigenvalue weighted by molar-refractivity contribution is -0.0500. The van der Waals surface area contributed by atoms with Gasteiger partial charge in [-0.1, -0.05) is 44.0 Å². The van der Waals surface area contributed by atoms with Crippen LogP contribution in [0.15, 0.2) is 16.9 Å². The number of aromatic carboxylic acids is 1. The number of carboxylic acid groups (broad SMARTS) is 1. The van der Waals surface area contributed by atoms with E-state index in [1.54, 1.807) is 20.8 Å². The Morgan fingerprint density at radius 3 is 2.03 bits per heavy atom. The first-order valence-corrected chi connectivity index (χ1v) is 9.92. The molecule has 0 saturated carbocycles. The van der Waals surface area contributed by atoms with Crippen LogP contribution in [0.1, 0.15) is 31.3 Å². The van der Waals surface area contributed by atoms with Crippen LogP contribution in [0, 0.1) is 5.41 Å². The maximum absolute atomic E-state index is 12.9. The second kappa shape index (κ2) is 7.37. The van der Waals surface area contributed by atoms with Gasteiger partial charge >= 0.3 is 21.6 Å². The molecular formula is C16H14Cl2F3NO6S. The maximum atomic E-state index is 12.9. The Balaban J connectivity index is 3.08. The van der Waals surface area contributed by atoms with Crippen molar-refractivity contribution in [1.82, 2.24) is 4.57 Å². The molecule has 0 saturated heterocycles. The SMILES string of the molecule is CC(C)(C)Cn1c(C(=O)O)c(OS(=O)(=O)C(F)(F)F)c2cc(Cl)c(Cl)cc2c1=O. The molecule has 7 nitrogen and oxygen atoms in total. The first-order chi connectivity index (χ1) is 13.0. The molecule has 0 amide bonds. The predicted molar refractivity (Wildman–Crippen MR) is 100 cm³/mol. The summed E-state index contributed by atoms with van der Waals surface area (Å²) in [6, 6.07) is 1.87. The van der Waals surface area contributed by atoms with Gasteiger partial charge in [-0.05, 0) is 17.5 Å². The number of pyridine rings is 1. The molecule has 2 aromatic rings. The number of rotatable bonds is 4. The summed E-state index contributed by atoms with van der Waals surface area (Å²) in [4.78, 5) is 24.7. The summed E-state index contributed by atoms with van der Waals surface area (Å²) in [5.74, 6) is -3.06. The highest BCUT2D eigenvalue weighted by Crippen LogP contribution is 2.37. The van der Waals surface area contributed by atoms with Crippen molar-refractivity contribution in [3.8, 4) is 5.75 Å². The molecule has 0 aliphatic rings. The quantitative estimate of drug-likeness (QED) is 0.522. The zero-order valence-corrected chi connectivity index (χ0v) is 17.4. The van der Waals surface area contributed by atoms with Crippen LogP contribution in [0.4, 0.5) is 13.2 Å². The van der Waals surface area contributed by atoms with Crippen LogP contribution in [0.2, 0.25) is 10.0 Å². The Labute approximate surface area is 172 Å². The maximum Gasteiger partial charge on any atom is 0.534 e. The topological polar surface area (TPSA) is 103 Å². The average Bonchev–Trinajstić information content (AvgIpc) is 2.51. The zero-order chi connectivity index (χ0) is 22.5. The van der Waals surface area contributed by atoms with Gasteiger partial charge in [0.25, 0.3) is 5.56 Å². The van der Waals surface area contributed by atoms with Gasteiger partial charge in [-0.15, -0.1) is 0 Å². The summed E-state index contributed by atoms with van der Waals surface area (Å²) in [5, 5.41) is 8.27. The van der Waals surface area contributed by atoms with Crippen molar-refractivity contribution in [3.63, 3.8) is 0 Å². The Hall–Kier alpha value is -1.98. The molecule has 160 valence electrons. The number of carboxylic acids is 1. The summed E-state index contributed by atoms with van der Waals surface area (Å²) in [7, 11) is -6.25. The van der Waals surface area contributed by atoms with Crippen molar-refractivity contribution < 1.29 is 35.7 Å². The van der Waals surface area contributed by atoms with Crippen LogP contribution in [-0.4, -0.2) is 29.6 Å². The van der Waals surface area contributed by atoms with E-state index in [4.69, 9.17) is 23.2 Å². The first-order valence-electron chi connectivity index (χ1n) is 7.76. The van der Waals surface area contributed by atoms with E-state index in [0.29, 0.717) is 4.57 Å². The number of hydrogen-bond acceptors (Lipinski definition) is 5. The lowest BCUT2D eigenvalue weighted by atomic mass is 9.96. The van der Waals surface area contributed by atoms with Gasteiger partial charge in [0.2, 0.25) is 0 Å². The molecule has 0 radical (unpaired) electrons. The average molecular weight is 476 g/mol. The number of aromatic nitrogens is 1. The molecule has 29 heavy (non-hydrogen) atoms. The van der Waals surface area contributed by atoms with Gasteiger partial charge in [0.05, 0.1) is 15.4 Å². The Morgan fingerprint density at radius 1 is 1.14 bits per heavy atom. The molecule has 0 bridgehead atoms. The van der Waals surface area contributed by atoms with E-state index in [9.17, 15) is 36.3 Å². The second-order valence-electron chi connectivity index (χ2n) is 7.23. The Bertz CT molecular complexity index is 1170. The van der Waals surface area contributed by atoms with Gasteiger partial charge in [-0.2, -0.15) is 21.6 Å². The molecule has 0 atom stereocenters. The lowest BCUT2D eigenvalue weighted by Crippen LogP contribution is -2.34. The minimum Gasteiger partial charge on any atom is -0.476 e. The fraction of sp³-hybridized carbons (Fsp3) is 0.375. The standard InChI is InChI=1S/C16H14Cl2F3NO6S/c1-15(2,3)6-22-11(14(24)25)12(28-29(26,27)16(19,20)21)7-4-9(17)10(18)5-8(7)13(22)23/h4-5H,6H2,1-3H3,(H,24,25). The number of nitrogens with zero attached hydrogens (tertiary/aromatic N) is 1. The number of benzene rings is 1. The van der Waals surface area contributed by atoms with E-state index in [1.165, 1.54) is 0 Å². The molecular weight excluding hydrogens is 462 g/mol. The molecule has 1 aromatic carbocycles. The number of fused-ring (bicyclic) bond motifs is 1. The third-order valence-corrected chi connectivity index (χ3v) is 5.25. The molecule has 0 aliphatic carbocycles. The summed E-state index contributed by atoms with van der Waals surface area (Å²) in [6.07, 6.45) is 0. The highest BCUT2D eigenvalue weighted by atomic mass is 35.5. The van der Waals surface area contributed by atoms with Gasteiger partial charge in [-0.3, -0.25) is 9.36 Å². The number of halogens is 5. The fourth-order valence-electron chi connectivity index (χ4n) is 2.49. The van der Waals surface area contributed by atoms with Crippen LogP contribution in [-0.2, 0) is 16.7 Å². The first kappa shape index (κ1) is 23.3. The molecule has 1 heterocycles. The molecule has 0 aliphatic heterocycles. The highest BCUT2D eigenvalue weighted by Gasteiger charge is 2.49. The van der Waals surface area contributed by atoms with Crippen molar-refractivity contribution >= 4 is 50.1 Å². The number of alkyl halides is 3. The molecule has 0 spiro atoms. The minimum atomic E-state index is -6.25. The van der Waals surface area contributed by atoms with Gasteiger partial charge in [0, 0.05) is 11.9 Å². The fourth-order valence-corrected chi connectivity index (χ4v) is 3.30. The normalized spacial score (nSPS) is 13.0. The number of carbonyl (C=O) groups is 1. The van der Waals surface area contributed by atoms with Gasteiger partial charge in [-0.25, -0.2) is 4.79 Å². The molecule has 0 fully saturated rings. The summed E-state index contributed by atoms with van der Waals surface area (Å²) < 4.78 is 66.6. The van der Waals surface area contributed by atoms with E-state index in [1.807, 2.05) is 0 Å². The molecule has 1 N–H and O–H groups in total. The lowest BCUT2D eigenvalue weighted by Gasteiger charge is -2.24. The summed E-state index contributed by atoms with van der Waals surface area (Å²) in [6.45, 7) is 4.64. The highest BCUT2D eigenvalue weighted by molar-refractivity contribution is 7.88. The van der Waals surface area contributed by atoms with Crippen molar-refractivity contribution in [2.45, 2.75) is 32.8 Å². The van der Waals surface area contributed by atoms with Crippen LogP contribution in [0.3, 0.4) is 0 Å². The predicted octanol–water partition coefficient (Wildman–Crippen LogP) is 4.28. The number of hydrogen-bond donors (Lipinski definition) is 1. The van der Waals surface area contributed by atoms with Crippen LogP contribution >= 0.6 is 23.2 Å². The smallest absolute Gasteiger partial charge is 0.476 e. The van der Waals surface area contributed by atoms with Gasteiger partial charge in [0.15, 0.2) is 11.4 Å². The third kappa shape index (κ3) is 4.62. The molecule has 13 heteroatoms. The third-order valence-electron chi connectivity index (χ3n) is 3.58. The zero-order valence-electron chi connectivity index (χ0n) is 15.1. The largest absolute Gasteiger partial charge is 0.534 e. The van der Waals surface area contributed by atoms with E-state index in [2.05, 4.69) is 4.18 Å². The van der Waals surface area contributed by atoms with Gasteiger partial charge < -0.3 is 9.29 Å². The van der Waals surface area contributed by atoms with E-state index >= 15 is 0 Å². The van der Waals surface area contributed by atoms with Crippen molar-refractivity contribution in [2.24, 2.45) is 5.41 Å². The second-order valence-corrected chi connectivity index (χ2v) is 9.58. The Kier molecular flexibility index (Phi) is 5.92. The van der Waals surface area contributed by atoms with E-state index < -0.39 is 49.4 Å². The van der Waals surface area contributed by atoms with Crippen LogP contribution < -0.4 is 9.74 Å².